The average Bonchev–Trinajstić information content (AvgIpc) is 3.16. The summed E-state index contributed by atoms with van der Waals surface area (Å²) in [6, 6.07) is 0.00300. The molecule has 2 N–H and O–H groups in total. The van der Waals surface area contributed by atoms with Crippen molar-refractivity contribution in [3.8, 4) is 0 Å². The number of guanidine groups is 1. The van der Waals surface area contributed by atoms with E-state index in [1.54, 1.807) is 36.3 Å². The van der Waals surface area contributed by atoms with Gasteiger partial charge in [0.15, 0.2) is 5.96 Å². The van der Waals surface area contributed by atoms with Crippen molar-refractivity contribution in [2.24, 2.45) is 4.99 Å². The van der Waals surface area contributed by atoms with Crippen LogP contribution in [0.5, 0.6) is 0 Å². The summed E-state index contributed by atoms with van der Waals surface area (Å²) < 4.78 is 38.3. The van der Waals surface area contributed by atoms with E-state index in [9.17, 15) is 13.2 Å². The van der Waals surface area contributed by atoms with Gasteiger partial charge in [0.1, 0.15) is 4.34 Å². The molecule has 1 saturated heterocycles. The molecule has 25 heavy (non-hydrogen) atoms. The lowest BCUT2D eigenvalue weighted by atomic mass is 10.3. The van der Waals surface area contributed by atoms with Crippen LogP contribution in [0.4, 0.5) is 13.2 Å². The largest absolute Gasteiger partial charge is 0.401 e. The standard InChI is InChI=1S/C14H22F3N5S2.HI/c1-18-12(19-4-2-7-23-13-20-5-8-24-13)21-11-3-6-22(9-11)10-14(15,16)17;/h5,8,11H,2-4,6-7,9-10H2,1H3,(H2,18,19,21);1H. The second-order valence-electron chi connectivity index (χ2n) is 5.48. The summed E-state index contributed by atoms with van der Waals surface area (Å²) in [6.07, 6.45) is -0.697. The van der Waals surface area contributed by atoms with Gasteiger partial charge in [-0.25, -0.2) is 4.98 Å². The Morgan fingerprint density at radius 2 is 2.32 bits per heavy atom. The Hall–Kier alpha value is -0.270. The van der Waals surface area contributed by atoms with Gasteiger partial charge in [-0.2, -0.15) is 13.2 Å². The van der Waals surface area contributed by atoms with E-state index in [0.717, 1.165) is 23.1 Å². The molecule has 2 heterocycles. The number of hydrogen-bond acceptors (Lipinski definition) is 5. The molecule has 1 aliphatic rings. The zero-order valence-electron chi connectivity index (χ0n) is 13.9. The second-order valence-corrected chi connectivity index (χ2v) is 7.72. The molecule has 0 aliphatic carbocycles. The Morgan fingerprint density at radius 1 is 1.52 bits per heavy atom. The first-order chi connectivity index (χ1) is 11.5. The third-order valence-electron chi connectivity index (χ3n) is 3.49. The molecule has 1 atom stereocenters. The van der Waals surface area contributed by atoms with Crippen molar-refractivity contribution in [1.82, 2.24) is 20.5 Å². The molecule has 0 spiro atoms. The Kier molecular flexibility index (Phi) is 10.4. The Labute approximate surface area is 171 Å². The third-order valence-corrected chi connectivity index (χ3v) is 5.54. The highest BCUT2D eigenvalue weighted by molar-refractivity contribution is 14.0. The van der Waals surface area contributed by atoms with Crippen LogP contribution < -0.4 is 10.6 Å². The van der Waals surface area contributed by atoms with Gasteiger partial charge in [0.25, 0.3) is 0 Å². The normalized spacial score (nSPS) is 18.9. The molecule has 0 bridgehead atoms. The number of hydrogen-bond donors (Lipinski definition) is 2. The number of alkyl halides is 3. The molecule has 1 aromatic heterocycles. The molecule has 2 rings (SSSR count). The highest BCUT2D eigenvalue weighted by atomic mass is 127. The number of nitrogens with one attached hydrogen (secondary N) is 2. The van der Waals surface area contributed by atoms with E-state index in [1.807, 2.05) is 5.38 Å². The van der Waals surface area contributed by atoms with Crippen molar-refractivity contribution >= 4 is 53.0 Å². The fraction of sp³-hybridized carbons (Fsp3) is 0.714. The number of aliphatic imine (C=N–C) groups is 1. The molecular weight excluding hydrogens is 486 g/mol. The lowest BCUT2D eigenvalue weighted by Crippen LogP contribution is -2.45. The SMILES string of the molecule is CN=C(NCCCSc1nccs1)NC1CCN(CC(F)(F)F)C1.I. The summed E-state index contributed by atoms with van der Waals surface area (Å²) in [4.78, 5) is 9.77. The van der Waals surface area contributed by atoms with Crippen LogP contribution in [0.3, 0.4) is 0 Å². The molecule has 0 aromatic carbocycles. The lowest BCUT2D eigenvalue weighted by Gasteiger charge is -2.19. The highest BCUT2D eigenvalue weighted by Crippen LogP contribution is 2.21. The minimum absolute atomic E-state index is 0. The van der Waals surface area contributed by atoms with Gasteiger partial charge < -0.3 is 10.6 Å². The molecule has 5 nitrogen and oxygen atoms in total. The molecule has 11 heteroatoms. The zero-order valence-corrected chi connectivity index (χ0v) is 17.8. The molecule has 0 amide bonds. The van der Waals surface area contributed by atoms with E-state index in [1.165, 1.54) is 4.90 Å². The summed E-state index contributed by atoms with van der Waals surface area (Å²) in [5.74, 6) is 1.61. The summed E-state index contributed by atoms with van der Waals surface area (Å²) in [5, 5.41) is 8.36. The number of nitrogens with zero attached hydrogens (tertiary/aromatic N) is 3. The van der Waals surface area contributed by atoms with Crippen molar-refractivity contribution in [3.05, 3.63) is 11.6 Å². The molecular formula is C14H23F3IN5S2. The van der Waals surface area contributed by atoms with Crippen LogP contribution in [0.2, 0.25) is 0 Å². The number of thioether (sulfide) groups is 1. The van der Waals surface area contributed by atoms with Crippen molar-refractivity contribution in [1.29, 1.82) is 0 Å². The fourth-order valence-corrected chi connectivity index (χ4v) is 4.10. The van der Waals surface area contributed by atoms with Gasteiger partial charge in [-0.3, -0.25) is 9.89 Å². The van der Waals surface area contributed by atoms with Crippen LogP contribution in [0.1, 0.15) is 12.8 Å². The summed E-state index contributed by atoms with van der Waals surface area (Å²) >= 11 is 3.35. The molecule has 144 valence electrons. The maximum absolute atomic E-state index is 12.4. The minimum atomic E-state index is -4.14. The monoisotopic (exact) mass is 509 g/mol. The Balaban J connectivity index is 0.00000312. The van der Waals surface area contributed by atoms with Crippen LogP contribution in [0, 0.1) is 0 Å². The van der Waals surface area contributed by atoms with E-state index >= 15 is 0 Å². The maximum Gasteiger partial charge on any atom is 0.401 e. The Morgan fingerprint density at radius 3 is 2.96 bits per heavy atom. The van der Waals surface area contributed by atoms with Crippen molar-refractivity contribution in [3.63, 3.8) is 0 Å². The van der Waals surface area contributed by atoms with Crippen molar-refractivity contribution in [2.45, 2.75) is 29.4 Å². The number of rotatable bonds is 7. The highest BCUT2D eigenvalue weighted by Gasteiger charge is 2.34. The summed E-state index contributed by atoms with van der Waals surface area (Å²) in [7, 11) is 1.67. The smallest absolute Gasteiger partial charge is 0.356 e. The summed E-state index contributed by atoms with van der Waals surface area (Å²) in [6.45, 7) is 0.765. The van der Waals surface area contributed by atoms with Crippen LogP contribution >= 0.6 is 47.1 Å². The summed E-state index contributed by atoms with van der Waals surface area (Å²) in [5.41, 5.74) is 0. The number of thiazole rings is 1. The second kappa shape index (κ2) is 11.4. The Bertz CT molecular complexity index is 513. The van der Waals surface area contributed by atoms with Crippen molar-refractivity contribution < 1.29 is 13.2 Å². The van der Waals surface area contributed by atoms with E-state index in [4.69, 9.17) is 0 Å². The minimum Gasteiger partial charge on any atom is -0.356 e. The topological polar surface area (TPSA) is 52.6 Å². The fourth-order valence-electron chi connectivity index (χ4n) is 2.46. The molecule has 0 saturated carbocycles. The number of likely N-dealkylation sites (tertiary alicyclic amines) is 1. The average molecular weight is 509 g/mol. The molecule has 0 radical (unpaired) electrons. The predicted octanol–water partition coefficient (Wildman–Crippen LogP) is 3.04. The van der Waals surface area contributed by atoms with Gasteiger partial charge in [-0.1, -0.05) is 11.8 Å². The van der Waals surface area contributed by atoms with Crippen LogP contribution in [-0.4, -0.2) is 67.0 Å². The first-order valence-corrected chi connectivity index (χ1v) is 9.61. The first kappa shape index (κ1) is 22.8. The van der Waals surface area contributed by atoms with Gasteiger partial charge in [-0.05, 0) is 12.8 Å². The molecule has 1 unspecified atom stereocenters. The van der Waals surface area contributed by atoms with Gasteiger partial charge in [0.2, 0.25) is 0 Å². The van der Waals surface area contributed by atoms with Crippen LogP contribution in [0.25, 0.3) is 0 Å². The maximum atomic E-state index is 12.4. The first-order valence-electron chi connectivity index (χ1n) is 7.75. The van der Waals surface area contributed by atoms with E-state index in [0.29, 0.717) is 25.5 Å². The number of aromatic nitrogens is 1. The quantitative estimate of drug-likeness (QED) is 0.195. The van der Waals surface area contributed by atoms with Crippen molar-refractivity contribution in [2.75, 3.05) is 39.0 Å². The van der Waals surface area contributed by atoms with E-state index in [-0.39, 0.29) is 30.0 Å². The van der Waals surface area contributed by atoms with E-state index < -0.39 is 12.7 Å². The van der Waals surface area contributed by atoms with E-state index in [2.05, 4.69) is 20.6 Å². The number of halogens is 4. The van der Waals surface area contributed by atoms with Gasteiger partial charge >= 0.3 is 6.18 Å². The third kappa shape index (κ3) is 9.29. The van der Waals surface area contributed by atoms with Crippen LogP contribution in [-0.2, 0) is 0 Å². The van der Waals surface area contributed by atoms with Gasteiger partial charge in [-0.15, -0.1) is 35.3 Å². The molecule has 1 aromatic rings. The van der Waals surface area contributed by atoms with Gasteiger partial charge in [0.05, 0.1) is 6.54 Å². The lowest BCUT2D eigenvalue weighted by molar-refractivity contribution is -0.143. The van der Waals surface area contributed by atoms with Crippen LogP contribution in [0.15, 0.2) is 20.9 Å². The van der Waals surface area contributed by atoms with Gasteiger partial charge in [0, 0.05) is 50.1 Å². The zero-order chi connectivity index (χ0) is 17.4. The molecule has 1 fully saturated rings. The molecule has 1 aliphatic heterocycles. The predicted molar refractivity (Wildman–Crippen MR) is 108 cm³/mol.